The molecule has 3 heteroatoms. The van der Waals surface area contributed by atoms with E-state index < -0.39 is 0 Å². The molecule has 64 valence electrons. The summed E-state index contributed by atoms with van der Waals surface area (Å²) < 4.78 is 1.16. The van der Waals surface area contributed by atoms with Gasteiger partial charge < -0.3 is 5.11 Å². The van der Waals surface area contributed by atoms with Gasteiger partial charge >= 0.3 is 0 Å². The van der Waals surface area contributed by atoms with E-state index in [-0.39, 0.29) is 6.23 Å². The molecule has 1 aliphatic heterocycles. The Morgan fingerprint density at radius 3 is 2.73 bits per heavy atom. The number of aliphatic hydroxyl groups excluding tert-OH is 1. The van der Waals surface area contributed by atoms with Crippen molar-refractivity contribution in [1.29, 1.82) is 0 Å². The van der Waals surface area contributed by atoms with Crippen molar-refractivity contribution in [1.82, 2.24) is 4.90 Å². The predicted molar refractivity (Wildman–Crippen MR) is 54.8 cm³/mol. The Kier molecular flexibility index (Phi) is 3.81. The molecule has 1 heterocycles. The van der Waals surface area contributed by atoms with Crippen molar-refractivity contribution < 1.29 is 5.11 Å². The molecule has 2 unspecified atom stereocenters. The van der Waals surface area contributed by atoms with Gasteiger partial charge in [0.1, 0.15) is 6.23 Å². The summed E-state index contributed by atoms with van der Waals surface area (Å²) in [5.74, 6) is 0. The van der Waals surface area contributed by atoms with Crippen molar-refractivity contribution in [2.24, 2.45) is 0 Å². The van der Waals surface area contributed by atoms with Crippen molar-refractivity contribution in [3.63, 3.8) is 0 Å². The lowest BCUT2D eigenvalue weighted by Gasteiger charge is -2.24. The smallest absolute Gasteiger partial charge is 0.127 e. The highest BCUT2D eigenvalue weighted by Gasteiger charge is 2.22. The third-order valence-corrected chi connectivity index (χ3v) is 2.74. The lowest BCUT2D eigenvalue weighted by atomic mass is 10.3. The number of hydrogen-bond acceptors (Lipinski definition) is 2. The van der Waals surface area contributed by atoms with Crippen LogP contribution < -0.4 is 0 Å². The summed E-state index contributed by atoms with van der Waals surface area (Å²) in [7, 11) is 0. The molecule has 1 aliphatic rings. The largest absolute Gasteiger partial charge is 0.375 e. The maximum absolute atomic E-state index is 9.42. The number of halogens is 1. The molecule has 0 spiro atoms. The maximum atomic E-state index is 9.42. The van der Waals surface area contributed by atoms with E-state index in [1.54, 1.807) is 0 Å². The molecule has 1 rings (SSSR count). The Hall–Kier alpha value is 0.390. The van der Waals surface area contributed by atoms with E-state index in [0.717, 1.165) is 17.4 Å². The Labute approximate surface area is 81.4 Å². The molecule has 0 saturated heterocycles. The topological polar surface area (TPSA) is 23.5 Å². The molecular formula is C8H14INO. The number of aliphatic hydroxyl groups is 1. The first-order valence-electron chi connectivity index (χ1n) is 3.94. The monoisotopic (exact) mass is 267 g/mol. The number of alkyl halides is 1. The minimum Gasteiger partial charge on any atom is -0.375 e. The van der Waals surface area contributed by atoms with Gasteiger partial charge in [0.2, 0.25) is 0 Å². The second-order valence-electron chi connectivity index (χ2n) is 2.82. The lowest BCUT2D eigenvalue weighted by Crippen LogP contribution is -2.36. The van der Waals surface area contributed by atoms with Crippen LogP contribution in [0.5, 0.6) is 0 Å². The molecule has 0 aliphatic carbocycles. The molecule has 0 amide bonds. The van der Waals surface area contributed by atoms with Gasteiger partial charge in [-0.05, 0) is 19.4 Å². The standard InChI is InChI=1S/C8H14INO/c1-7-3-4-8(11)10(7)6-2-5-9/h3-4,7-8,11H,2,5-6H2,1H3. The van der Waals surface area contributed by atoms with Crippen molar-refractivity contribution in [2.75, 3.05) is 11.0 Å². The van der Waals surface area contributed by atoms with Crippen LogP contribution >= 0.6 is 22.6 Å². The van der Waals surface area contributed by atoms with Crippen molar-refractivity contribution >= 4 is 22.6 Å². The normalized spacial score (nSPS) is 31.5. The molecule has 0 aromatic rings. The Morgan fingerprint density at radius 2 is 2.27 bits per heavy atom. The molecule has 1 N–H and O–H groups in total. The Balaban J connectivity index is 2.33. The zero-order valence-electron chi connectivity index (χ0n) is 6.70. The van der Waals surface area contributed by atoms with Gasteiger partial charge in [-0.25, -0.2) is 0 Å². The summed E-state index contributed by atoms with van der Waals surface area (Å²) in [5, 5.41) is 9.42. The molecule has 0 bridgehead atoms. The predicted octanol–water partition coefficient (Wildman–Crippen LogP) is 1.39. The first-order chi connectivity index (χ1) is 5.25. The van der Waals surface area contributed by atoms with Gasteiger partial charge in [0.25, 0.3) is 0 Å². The van der Waals surface area contributed by atoms with Crippen LogP contribution in [0.25, 0.3) is 0 Å². The number of nitrogens with zero attached hydrogens (tertiary/aromatic N) is 1. The van der Waals surface area contributed by atoms with Crippen molar-refractivity contribution in [3.8, 4) is 0 Å². The molecule has 0 aromatic heterocycles. The van der Waals surface area contributed by atoms with Crippen molar-refractivity contribution in [2.45, 2.75) is 25.6 Å². The minimum atomic E-state index is -0.340. The van der Waals surface area contributed by atoms with Gasteiger partial charge in [0.05, 0.1) is 0 Å². The highest BCUT2D eigenvalue weighted by Crippen LogP contribution is 2.14. The molecule has 0 aromatic carbocycles. The minimum absolute atomic E-state index is 0.340. The van der Waals surface area contributed by atoms with E-state index in [1.807, 2.05) is 6.08 Å². The average Bonchev–Trinajstić information content (AvgIpc) is 2.29. The molecule has 0 fully saturated rings. The van der Waals surface area contributed by atoms with Gasteiger partial charge in [-0.3, -0.25) is 4.90 Å². The third kappa shape index (κ3) is 2.42. The van der Waals surface area contributed by atoms with E-state index in [4.69, 9.17) is 0 Å². The van der Waals surface area contributed by atoms with Gasteiger partial charge in [-0.15, -0.1) is 0 Å². The zero-order chi connectivity index (χ0) is 8.27. The molecule has 2 nitrogen and oxygen atoms in total. The fourth-order valence-electron chi connectivity index (χ4n) is 1.30. The van der Waals surface area contributed by atoms with Gasteiger partial charge in [0, 0.05) is 17.0 Å². The van der Waals surface area contributed by atoms with Crippen LogP contribution in [0.1, 0.15) is 13.3 Å². The van der Waals surface area contributed by atoms with E-state index in [0.29, 0.717) is 6.04 Å². The summed E-state index contributed by atoms with van der Waals surface area (Å²) in [6, 6.07) is 0.410. The summed E-state index contributed by atoms with van der Waals surface area (Å²) in [4.78, 5) is 2.10. The fraction of sp³-hybridized carbons (Fsp3) is 0.750. The molecular weight excluding hydrogens is 253 g/mol. The van der Waals surface area contributed by atoms with Crippen LogP contribution in [0.4, 0.5) is 0 Å². The van der Waals surface area contributed by atoms with E-state index in [1.165, 1.54) is 0 Å². The number of hydrogen-bond donors (Lipinski definition) is 1. The molecule has 2 atom stereocenters. The maximum Gasteiger partial charge on any atom is 0.127 e. The van der Waals surface area contributed by atoms with Crippen molar-refractivity contribution in [3.05, 3.63) is 12.2 Å². The van der Waals surface area contributed by atoms with Crippen LogP contribution in [-0.2, 0) is 0 Å². The summed E-state index contributed by atoms with van der Waals surface area (Å²) >= 11 is 2.36. The van der Waals surface area contributed by atoms with Crippen LogP contribution in [0.2, 0.25) is 0 Å². The average molecular weight is 267 g/mol. The second-order valence-corrected chi connectivity index (χ2v) is 3.90. The lowest BCUT2D eigenvalue weighted by molar-refractivity contribution is 0.0420. The summed E-state index contributed by atoms with van der Waals surface area (Å²) in [6.07, 6.45) is 4.73. The third-order valence-electron chi connectivity index (χ3n) is 1.97. The van der Waals surface area contributed by atoms with E-state index in [9.17, 15) is 5.11 Å². The summed E-state index contributed by atoms with van der Waals surface area (Å²) in [5.41, 5.74) is 0. The van der Waals surface area contributed by atoms with Crippen LogP contribution in [0.15, 0.2) is 12.2 Å². The molecule has 0 radical (unpaired) electrons. The molecule has 11 heavy (non-hydrogen) atoms. The highest BCUT2D eigenvalue weighted by molar-refractivity contribution is 14.1. The Bertz CT molecular complexity index is 137. The fourth-order valence-corrected chi connectivity index (χ4v) is 1.64. The SMILES string of the molecule is CC1C=CC(O)N1CCCI. The van der Waals surface area contributed by atoms with Gasteiger partial charge in [-0.1, -0.05) is 28.7 Å². The number of rotatable bonds is 3. The first kappa shape index (κ1) is 9.48. The van der Waals surface area contributed by atoms with Crippen LogP contribution in [-0.4, -0.2) is 33.2 Å². The van der Waals surface area contributed by atoms with Crippen LogP contribution in [0.3, 0.4) is 0 Å². The second kappa shape index (κ2) is 4.42. The summed E-state index contributed by atoms with van der Waals surface area (Å²) in [6.45, 7) is 3.11. The van der Waals surface area contributed by atoms with E-state index >= 15 is 0 Å². The van der Waals surface area contributed by atoms with Gasteiger partial charge in [0.15, 0.2) is 0 Å². The molecule has 0 saturated carbocycles. The van der Waals surface area contributed by atoms with E-state index in [2.05, 4.69) is 40.5 Å². The Morgan fingerprint density at radius 1 is 1.55 bits per heavy atom. The highest BCUT2D eigenvalue weighted by atomic mass is 127. The first-order valence-corrected chi connectivity index (χ1v) is 5.46. The van der Waals surface area contributed by atoms with Crippen LogP contribution in [0, 0.1) is 0 Å². The zero-order valence-corrected chi connectivity index (χ0v) is 8.86. The van der Waals surface area contributed by atoms with Gasteiger partial charge in [-0.2, -0.15) is 0 Å². The quantitative estimate of drug-likeness (QED) is 0.474.